The number of aromatic carboxylic acids is 1. The number of hydrogen-bond donors (Lipinski definition) is 1. The maximum atomic E-state index is 12.8. The zero-order valence-corrected chi connectivity index (χ0v) is 16.3. The van der Waals surface area contributed by atoms with Crippen molar-refractivity contribution in [2.45, 2.75) is 13.5 Å². The fourth-order valence-corrected chi connectivity index (χ4v) is 3.60. The van der Waals surface area contributed by atoms with E-state index in [1.807, 2.05) is 37.3 Å². The summed E-state index contributed by atoms with van der Waals surface area (Å²) in [6.07, 6.45) is 1.73. The van der Waals surface area contributed by atoms with Gasteiger partial charge in [0.05, 0.1) is 13.2 Å². The summed E-state index contributed by atoms with van der Waals surface area (Å²) in [7, 11) is 0. The van der Waals surface area contributed by atoms with Crippen molar-refractivity contribution < 1.29 is 14.6 Å². The Balaban J connectivity index is 1.76. The molecule has 150 valence electrons. The van der Waals surface area contributed by atoms with Crippen LogP contribution in [0.15, 0.2) is 47.4 Å². The molecule has 4 rings (SSSR count). The minimum Gasteiger partial charge on any atom is -0.477 e. The fourth-order valence-electron chi connectivity index (χ4n) is 3.60. The van der Waals surface area contributed by atoms with Gasteiger partial charge in [-0.15, -0.1) is 0 Å². The number of carboxylic acids is 1. The quantitative estimate of drug-likeness (QED) is 0.717. The lowest BCUT2D eigenvalue weighted by molar-refractivity contribution is 0.0364. The summed E-state index contributed by atoms with van der Waals surface area (Å²) in [5, 5.41) is 10.2. The summed E-state index contributed by atoms with van der Waals surface area (Å²) >= 11 is 0. The van der Waals surface area contributed by atoms with E-state index in [4.69, 9.17) is 4.74 Å². The molecular formula is C22H23N3O4. The molecule has 1 aliphatic heterocycles. The molecule has 7 nitrogen and oxygen atoms in total. The van der Waals surface area contributed by atoms with E-state index in [0.29, 0.717) is 37.3 Å². The number of carboxylic acid groups (broad SMARTS) is 1. The van der Waals surface area contributed by atoms with Crippen molar-refractivity contribution in [1.29, 1.82) is 0 Å². The predicted molar refractivity (Wildman–Crippen MR) is 110 cm³/mol. The molecule has 0 atom stereocenters. The first-order valence-electron chi connectivity index (χ1n) is 9.67. The number of benzene rings is 1. The molecule has 1 saturated heterocycles. The summed E-state index contributed by atoms with van der Waals surface area (Å²) in [6.45, 7) is 5.99. The van der Waals surface area contributed by atoms with Crippen molar-refractivity contribution in [2.75, 3.05) is 32.8 Å². The molecule has 1 fully saturated rings. The van der Waals surface area contributed by atoms with Gasteiger partial charge in [0.15, 0.2) is 0 Å². The van der Waals surface area contributed by atoms with Gasteiger partial charge in [0.25, 0.3) is 5.56 Å². The lowest BCUT2D eigenvalue weighted by atomic mass is 10.0. The first kappa shape index (κ1) is 19.3. The first-order valence-corrected chi connectivity index (χ1v) is 9.67. The van der Waals surface area contributed by atoms with Crippen molar-refractivity contribution in [3.05, 3.63) is 64.1 Å². The van der Waals surface area contributed by atoms with Crippen LogP contribution in [-0.4, -0.2) is 58.4 Å². The largest absolute Gasteiger partial charge is 0.477 e. The normalized spacial score (nSPS) is 14.9. The number of pyridine rings is 2. The van der Waals surface area contributed by atoms with Crippen molar-refractivity contribution >= 4 is 17.0 Å². The molecule has 1 aromatic carbocycles. The molecular weight excluding hydrogens is 370 g/mol. The summed E-state index contributed by atoms with van der Waals surface area (Å²) in [6, 6.07) is 11.4. The van der Waals surface area contributed by atoms with Gasteiger partial charge in [-0.05, 0) is 24.6 Å². The predicted octanol–water partition coefficient (Wildman–Crippen LogP) is 2.40. The summed E-state index contributed by atoms with van der Waals surface area (Å²) in [5.74, 6) is -1.22. The number of fused-ring (bicyclic) bond motifs is 1. The third kappa shape index (κ3) is 4.06. The smallest absolute Gasteiger partial charge is 0.341 e. The molecule has 3 heterocycles. The zero-order chi connectivity index (χ0) is 20.4. The average molecular weight is 393 g/mol. The number of hydrogen-bond acceptors (Lipinski definition) is 5. The molecule has 2 aromatic heterocycles. The van der Waals surface area contributed by atoms with E-state index in [0.717, 1.165) is 29.8 Å². The second kappa shape index (κ2) is 8.14. The van der Waals surface area contributed by atoms with Crippen LogP contribution in [0.1, 0.15) is 15.9 Å². The van der Waals surface area contributed by atoms with Gasteiger partial charge < -0.3 is 9.84 Å². The number of rotatable bonds is 5. The first-order chi connectivity index (χ1) is 14.0. The molecule has 29 heavy (non-hydrogen) atoms. The summed E-state index contributed by atoms with van der Waals surface area (Å²) in [5.41, 5.74) is 2.79. The molecule has 0 saturated carbocycles. The van der Waals surface area contributed by atoms with E-state index in [-0.39, 0.29) is 5.56 Å². The topological polar surface area (TPSA) is 84.7 Å². The van der Waals surface area contributed by atoms with E-state index in [9.17, 15) is 14.7 Å². The van der Waals surface area contributed by atoms with Crippen LogP contribution in [-0.2, 0) is 11.3 Å². The van der Waals surface area contributed by atoms with Crippen LogP contribution in [0.4, 0.5) is 0 Å². The van der Waals surface area contributed by atoms with E-state index in [1.54, 1.807) is 6.20 Å². The summed E-state index contributed by atoms with van der Waals surface area (Å²) < 4.78 is 6.84. The molecule has 7 heteroatoms. The number of aromatic nitrogens is 2. The van der Waals surface area contributed by atoms with Crippen molar-refractivity contribution in [1.82, 2.24) is 14.5 Å². The maximum absolute atomic E-state index is 12.8. The van der Waals surface area contributed by atoms with Crippen LogP contribution in [0.3, 0.4) is 0 Å². The Morgan fingerprint density at radius 2 is 1.83 bits per heavy atom. The second-order valence-corrected chi connectivity index (χ2v) is 7.28. The lowest BCUT2D eigenvalue weighted by Gasteiger charge is -2.26. The highest BCUT2D eigenvalue weighted by molar-refractivity contribution is 5.92. The SMILES string of the molecule is Cc1ccc(-c2cnc3c(c2)cc(C(=O)O)c(=O)n3CCN2CCOCC2)cc1. The van der Waals surface area contributed by atoms with E-state index in [1.165, 1.54) is 10.6 Å². The van der Waals surface area contributed by atoms with Crippen LogP contribution in [0.5, 0.6) is 0 Å². The Morgan fingerprint density at radius 1 is 1.10 bits per heavy atom. The number of ether oxygens (including phenoxy) is 1. The van der Waals surface area contributed by atoms with Gasteiger partial charge in [-0.2, -0.15) is 0 Å². The number of nitrogens with zero attached hydrogens (tertiary/aromatic N) is 3. The number of carbonyl (C=O) groups is 1. The molecule has 0 spiro atoms. The maximum Gasteiger partial charge on any atom is 0.341 e. The Labute approximate surface area is 168 Å². The van der Waals surface area contributed by atoms with Gasteiger partial charge in [-0.1, -0.05) is 29.8 Å². The van der Waals surface area contributed by atoms with Gasteiger partial charge in [0.2, 0.25) is 0 Å². The van der Waals surface area contributed by atoms with Crippen LogP contribution >= 0.6 is 0 Å². The standard InChI is InChI=1S/C22H23N3O4/c1-15-2-4-16(5-3-15)18-12-17-13-19(22(27)28)21(26)25(20(17)23-14-18)7-6-24-8-10-29-11-9-24/h2-5,12-14H,6-11H2,1H3,(H,27,28). The van der Waals surface area contributed by atoms with Gasteiger partial charge in [0.1, 0.15) is 11.2 Å². The molecule has 0 aliphatic carbocycles. The third-order valence-electron chi connectivity index (χ3n) is 5.29. The highest BCUT2D eigenvalue weighted by Gasteiger charge is 2.17. The van der Waals surface area contributed by atoms with Crippen LogP contribution in [0, 0.1) is 6.92 Å². The van der Waals surface area contributed by atoms with E-state index in [2.05, 4.69) is 9.88 Å². The van der Waals surface area contributed by atoms with Gasteiger partial charge in [-0.3, -0.25) is 14.3 Å². The molecule has 0 amide bonds. The second-order valence-electron chi connectivity index (χ2n) is 7.28. The molecule has 1 N–H and O–H groups in total. The third-order valence-corrected chi connectivity index (χ3v) is 5.29. The van der Waals surface area contributed by atoms with E-state index >= 15 is 0 Å². The average Bonchev–Trinajstić information content (AvgIpc) is 2.73. The Hall–Kier alpha value is -3.03. The Bertz CT molecular complexity index is 1100. The molecule has 0 unspecified atom stereocenters. The highest BCUT2D eigenvalue weighted by atomic mass is 16.5. The molecule has 0 bridgehead atoms. The zero-order valence-electron chi connectivity index (χ0n) is 16.3. The van der Waals surface area contributed by atoms with Crippen molar-refractivity contribution in [3.63, 3.8) is 0 Å². The minimum atomic E-state index is -1.22. The number of morpholine rings is 1. The molecule has 1 aliphatic rings. The lowest BCUT2D eigenvalue weighted by Crippen LogP contribution is -2.39. The molecule has 3 aromatic rings. The number of aryl methyl sites for hydroxylation is 1. The van der Waals surface area contributed by atoms with Crippen LogP contribution < -0.4 is 5.56 Å². The highest BCUT2D eigenvalue weighted by Crippen LogP contribution is 2.23. The Morgan fingerprint density at radius 3 is 2.52 bits per heavy atom. The van der Waals surface area contributed by atoms with Crippen LogP contribution in [0.2, 0.25) is 0 Å². The van der Waals surface area contributed by atoms with E-state index < -0.39 is 11.5 Å². The van der Waals surface area contributed by atoms with Gasteiger partial charge in [0, 0.05) is 43.3 Å². The fraction of sp³-hybridized carbons (Fsp3) is 0.318. The van der Waals surface area contributed by atoms with Gasteiger partial charge >= 0.3 is 5.97 Å². The molecule has 0 radical (unpaired) electrons. The monoisotopic (exact) mass is 393 g/mol. The summed E-state index contributed by atoms with van der Waals surface area (Å²) in [4.78, 5) is 31.2. The van der Waals surface area contributed by atoms with Crippen molar-refractivity contribution in [2.24, 2.45) is 0 Å². The minimum absolute atomic E-state index is 0.234. The van der Waals surface area contributed by atoms with Gasteiger partial charge in [-0.25, -0.2) is 9.78 Å². The van der Waals surface area contributed by atoms with Crippen LogP contribution in [0.25, 0.3) is 22.2 Å². The van der Waals surface area contributed by atoms with Crippen molar-refractivity contribution in [3.8, 4) is 11.1 Å². The Kier molecular flexibility index (Phi) is 5.42.